The molecule has 5 nitrogen and oxygen atoms in total. The van der Waals surface area contributed by atoms with Crippen LogP contribution in [0.15, 0.2) is 18.6 Å². The summed E-state index contributed by atoms with van der Waals surface area (Å²) in [4.78, 5) is 9.00. The Bertz CT molecular complexity index is 540. The lowest BCUT2D eigenvalue weighted by atomic mass is 10.1. The molecule has 2 aromatic heterocycles. The van der Waals surface area contributed by atoms with Crippen LogP contribution in [-0.2, 0) is 0 Å². The Morgan fingerprint density at radius 3 is 2.74 bits per heavy atom. The molecule has 1 fully saturated rings. The van der Waals surface area contributed by atoms with Gasteiger partial charge in [0.2, 0.25) is 0 Å². The zero-order valence-electron chi connectivity index (χ0n) is 11.4. The van der Waals surface area contributed by atoms with Crippen LogP contribution >= 0.6 is 0 Å². The van der Waals surface area contributed by atoms with Gasteiger partial charge >= 0.3 is 0 Å². The maximum absolute atomic E-state index is 4.61. The Labute approximate surface area is 113 Å². The molecule has 0 aromatic carbocycles. The van der Waals surface area contributed by atoms with E-state index in [0.717, 1.165) is 17.3 Å². The van der Waals surface area contributed by atoms with Gasteiger partial charge in [-0.15, -0.1) is 0 Å². The topological polar surface area (TPSA) is 54.2 Å². The van der Waals surface area contributed by atoms with Crippen molar-refractivity contribution < 1.29 is 0 Å². The van der Waals surface area contributed by atoms with Crippen LogP contribution in [0, 0.1) is 0 Å². The normalized spacial score (nSPS) is 17.3. The van der Waals surface area contributed by atoms with Crippen molar-refractivity contribution in [1.29, 1.82) is 0 Å². The van der Waals surface area contributed by atoms with Gasteiger partial charge in [0.25, 0.3) is 0 Å². The summed E-state index contributed by atoms with van der Waals surface area (Å²) in [6, 6.07) is 0.530. The Kier molecular flexibility index (Phi) is 3.53. The summed E-state index contributed by atoms with van der Waals surface area (Å²) in [5, 5.41) is 6.69. The van der Waals surface area contributed by atoms with Crippen molar-refractivity contribution in [3.63, 3.8) is 0 Å². The number of anilines is 2. The molecule has 0 amide bonds. The Morgan fingerprint density at radius 2 is 2.00 bits per heavy atom. The first kappa shape index (κ1) is 12.3. The molecule has 19 heavy (non-hydrogen) atoms. The summed E-state index contributed by atoms with van der Waals surface area (Å²) in [6.07, 6.45) is 13.5. The first-order valence-electron chi connectivity index (χ1n) is 7.15. The molecule has 102 valence electrons. The smallest absolute Gasteiger partial charge is 0.180 e. The molecule has 0 atom stereocenters. The summed E-state index contributed by atoms with van der Waals surface area (Å²) in [6.45, 7) is 0. The summed E-state index contributed by atoms with van der Waals surface area (Å²) in [5.74, 6) is 1.75. The number of hydrogen-bond donors (Lipinski definition) is 2. The molecule has 1 aliphatic rings. The van der Waals surface area contributed by atoms with Gasteiger partial charge in [-0.05, 0) is 12.8 Å². The fourth-order valence-corrected chi connectivity index (χ4v) is 2.77. The molecule has 0 bridgehead atoms. The third-order valence-electron chi connectivity index (χ3n) is 3.83. The summed E-state index contributed by atoms with van der Waals surface area (Å²) >= 11 is 0. The van der Waals surface area contributed by atoms with Crippen LogP contribution < -0.4 is 10.6 Å². The van der Waals surface area contributed by atoms with E-state index in [1.165, 1.54) is 38.5 Å². The van der Waals surface area contributed by atoms with Gasteiger partial charge in [0.05, 0.1) is 6.20 Å². The molecule has 1 aliphatic carbocycles. The molecule has 0 unspecified atom stereocenters. The highest BCUT2D eigenvalue weighted by atomic mass is 15.1. The predicted molar refractivity (Wildman–Crippen MR) is 77.6 cm³/mol. The molecule has 0 radical (unpaired) electrons. The highest BCUT2D eigenvalue weighted by molar-refractivity contribution is 5.65. The SMILES string of the molecule is CNc1cn2ccnc2c(NC2CCCCCC2)n1. The van der Waals surface area contributed by atoms with Crippen LogP contribution in [0.1, 0.15) is 38.5 Å². The zero-order chi connectivity index (χ0) is 13.1. The van der Waals surface area contributed by atoms with Crippen molar-refractivity contribution in [1.82, 2.24) is 14.4 Å². The van der Waals surface area contributed by atoms with E-state index in [9.17, 15) is 0 Å². The summed E-state index contributed by atoms with van der Waals surface area (Å²) in [7, 11) is 1.89. The molecule has 2 aromatic rings. The van der Waals surface area contributed by atoms with Gasteiger partial charge in [0.1, 0.15) is 5.82 Å². The molecular weight excluding hydrogens is 238 g/mol. The molecule has 2 N–H and O–H groups in total. The molecule has 5 heteroatoms. The van der Waals surface area contributed by atoms with E-state index in [1.54, 1.807) is 0 Å². The lowest BCUT2D eigenvalue weighted by molar-refractivity contribution is 0.618. The minimum atomic E-state index is 0.530. The van der Waals surface area contributed by atoms with Crippen molar-refractivity contribution in [3.05, 3.63) is 18.6 Å². The van der Waals surface area contributed by atoms with E-state index in [0.29, 0.717) is 6.04 Å². The second-order valence-corrected chi connectivity index (χ2v) is 5.22. The highest BCUT2D eigenvalue weighted by Crippen LogP contribution is 2.23. The molecule has 1 saturated carbocycles. The summed E-state index contributed by atoms with van der Waals surface area (Å²) < 4.78 is 2.01. The first-order valence-corrected chi connectivity index (χ1v) is 7.15. The monoisotopic (exact) mass is 259 g/mol. The number of fused-ring (bicyclic) bond motifs is 1. The van der Waals surface area contributed by atoms with Gasteiger partial charge in [0.15, 0.2) is 11.5 Å². The standard InChI is InChI=1S/C14H21N5/c1-15-12-10-19-9-8-16-14(19)13(18-12)17-11-6-4-2-3-5-7-11/h8-11,15H,2-7H2,1H3,(H,17,18). The van der Waals surface area contributed by atoms with Gasteiger partial charge in [-0.1, -0.05) is 25.7 Å². The first-order chi connectivity index (χ1) is 9.36. The Balaban J connectivity index is 1.87. The van der Waals surface area contributed by atoms with Crippen molar-refractivity contribution >= 4 is 17.3 Å². The largest absolute Gasteiger partial charge is 0.372 e. The average Bonchev–Trinajstić information content (AvgIpc) is 2.76. The predicted octanol–water partition coefficient (Wildman–Crippen LogP) is 2.91. The van der Waals surface area contributed by atoms with Crippen molar-refractivity contribution in [2.24, 2.45) is 0 Å². The third kappa shape index (κ3) is 2.64. The molecule has 0 aliphatic heterocycles. The zero-order valence-corrected chi connectivity index (χ0v) is 11.4. The van der Waals surface area contributed by atoms with Gasteiger partial charge in [0, 0.05) is 25.5 Å². The number of hydrogen-bond acceptors (Lipinski definition) is 4. The molecule has 3 rings (SSSR count). The van der Waals surface area contributed by atoms with Crippen molar-refractivity contribution in [2.45, 2.75) is 44.6 Å². The number of rotatable bonds is 3. The van der Waals surface area contributed by atoms with Gasteiger partial charge in [-0.25, -0.2) is 9.97 Å². The van der Waals surface area contributed by atoms with E-state index in [4.69, 9.17) is 0 Å². The molecular formula is C14H21N5. The fraction of sp³-hybridized carbons (Fsp3) is 0.571. The Morgan fingerprint density at radius 1 is 1.21 bits per heavy atom. The van der Waals surface area contributed by atoms with Crippen molar-refractivity contribution in [2.75, 3.05) is 17.7 Å². The number of nitrogens with one attached hydrogen (secondary N) is 2. The van der Waals surface area contributed by atoms with Gasteiger partial charge < -0.3 is 15.0 Å². The molecule has 2 heterocycles. The lowest BCUT2D eigenvalue weighted by Crippen LogP contribution is -2.20. The number of aromatic nitrogens is 3. The van der Waals surface area contributed by atoms with Gasteiger partial charge in [-0.3, -0.25) is 0 Å². The van der Waals surface area contributed by atoms with E-state index >= 15 is 0 Å². The maximum atomic E-state index is 4.61. The molecule has 0 saturated heterocycles. The maximum Gasteiger partial charge on any atom is 0.180 e. The van der Waals surface area contributed by atoms with E-state index in [-0.39, 0.29) is 0 Å². The van der Waals surface area contributed by atoms with Crippen LogP contribution in [0.4, 0.5) is 11.6 Å². The van der Waals surface area contributed by atoms with Crippen molar-refractivity contribution in [3.8, 4) is 0 Å². The fourth-order valence-electron chi connectivity index (χ4n) is 2.77. The van der Waals surface area contributed by atoms with E-state index in [1.807, 2.05) is 30.0 Å². The number of nitrogens with zero attached hydrogens (tertiary/aromatic N) is 3. The van der Waals surface area contributed by atoms with E-state index < -0.39 is 0 Å². The highest BCUT2D eigenvalue weighted by Gasteiger charge is 2.15. The number of imidazole rings is 1. The average molecular weight is 259 g/mol. The quantitative estimate of drug-likeness (QED) is 0.832. The van der Waals surface area contributed by atoms with Crippen LogP contribution in [0.25, 0.3) is 5.65 Å². The third-order valence-corrected chi connectivity index (χ3v) is 3.83. The minimum absolute atomic E-state index is 0.530. The molecule has 0 spiro atoms. The Hall–Kier alpha value is -1.78. The summed E-state index contributed by atoms with van der Waals surface area (Å²) in [5.41, 5.74) is 0.906. The van der Waals surface area contributed by atoms with Crippen LogP contribution in [0.3, 0.4) is 0 Å². The van der Waals surface area contributed by atoms with Crippen LogP contribution in [0.5, 0.6) is 0 Å². The second kappa shape index (κ2) is 5.47. The minimum Gasteiger partial charge on any atom is -0.372 e. The second-order valence-electron chi connectivity index (χ2n) is 5.22. The van der Waals surface area contributed by atoms with Crippen LogP contribution in [0.2, 0.25) is 0 Å². The lowest BCUT2D eigenvalue weighted by Gasteiger charge is -2.17. The van der Waals surface area contributed by atoms with Crippen LogP contribution in [-0.4, -0.2) is 27.5 Å². The van der Waals surface area contributed by atoms with E-state index in [2.05, 4.69) is 20.6 Å². The van der Waals surface area contributed by atoms with Gasteiger partial charge in [-0.2, -0.15) is 0 Å².